The second-order valence-corrected chi connectivity index (χ2v) is 8.06. The predicted molar refractivity (Wildman–Crippen MR) is 98.5 cm³/mol. The standard InChI is InChI=1S/C19H23NO4S/c1-19(8-4-3-5-9-19)12-20-17(22)16(25-18(20)23)11-13-6-7-14(21)15(10-13)24-2/h6-7,10-11,21H,3-5,8-9,12H2,1-2H3/b16-11-. The maximum Gasteiger partial charge on any atom is 0.293 e. The van der Waals surface area contributed by atoms with Crippen LogP contribution in [-0.2, 0) is 4.79 Å². The minimum Gasteiger partial charge on any atom is -0.504 e. The van der Waals surface area contributed by atoms with Crippen LogP contribution in [0, 0.1) is 5.41 Å². The quantitative estimate of drug-likeness (QED) is 0.805. The van der Waals surface area contributed by atoms with E-state index in [9.17, 15) is 14.7 Å². The summed E-state index contributed by atoms with van der Waals surface area (Å²) in [5, 5.41) is 9.46. The summed E-state index contributed by atoms with van der Waals surface area (Å²) < 4.78 is 5.08. The van der Waals surface area contributed by atoms with Crippen LogP contribution in [0.15, 0.2) is 23.1 Å². The highest BCUT2D eigenvalue weighted by Crippen LogP contribution is 2.40. The molecule has 1 aromatic carbocycles. The predicted octanol–water partition coefficient (Wildman–Crippen LogP) is 4.41. The summed E-state index contributed by atoms with van der Waals surface area (Å²) >= 11 is 0.977. The molecule has 1 heterocycles. The van der Waals surface area contributed by atoms with Crippen molar-refractivity contribution in [1.82, 2.24) is 4.90 Å². The summed E-state index contributed by atoms with van der Waals surface area (Å²) in [6.45, 7) is 2.66. The third-order valence-corrected chi connectivity index (χ3v) is 5.88. The van der Waals surface area contributed by atoms with Crippen molar-refractivity contribution >= 4 is 29.0 Å². The number of rotatable bonds is 4. The van der Waals surface area contributed by atoms with Crippen LogP contribution in [0.1, 0.15) is 44.6 Å². The zero-order chi connectivity index (χ0) is 18.0. The Morgan fingerprint density at radius 3 is 2.68 bits per heavy atom. The second kappa shape index (κ2) is 7.12. The lowest BCUT2D eigenvalue weighted by atomic mass is 9.75. The van der Waals surface area contributed by atoms with Crippen molar-refractivity contribution in [2.45, 2.75) is 39.0 Å². The normalized spacial score (nSPS) is 21.8. The topological polar surface area (TPSA) is 66.8 Å². The second-order valence-electron chi connectivity index (χ2n) is 7.07. The van der Waals surface area contributed by atoms with Gasteiger partial charge >= 0.3 is 0 Å². The fourth-order valence-electron chi connectivity index (χ4n) is 3.52. The smallest absolute Gasteiger partial charge is 0.293 e. The third-order valence-electron chi connectivity index (χ3n) is 4.98. The van der Waals surface area contributed by atoms with Crippen molar-refractivity contribution in [2.24, 2.45) is 5.41 Å². The van der Waals surface area contributed by atoms with Crippen LogP contribution in [0.25, 0.3) is 6.08 Å². The number of methoxy groups -OCH3 is 1. The van der Waals surface area contributed by atoms with Crippen LogP contribution >= 0.6 is 11.8 Å². The minimum absolute atomic E-state index is 0.0291. The van der Waals surface area contributed by atoms with Crippen LogP contribution < -0.4 is 4.74 Å². The number of thioether (sulfide) groups is 1. The zero-order valence-corrected chi connectivity index (χ0v) is 15.4. The molecule has 2 amide bonds. The summed E-state index contributed by atoms with van der Waals surface area (Å²) in [7, 11) is 1.47. The van der Waals surface area contributed by atoms with Gasteiger partial charge < -0.3 is 9.84 Å². The van der Waals surface area contributed by atoms with E-state index >= 15 is 0 Å². The SMILES string of the molecule is COc1cc(/C=C2\SC(=O)N(CC3(C)CCCCC3)C2=O)ccc1O. The Kier molecular flexibility index (Phi) is 5.08. The van der Waals surface area contributed by atoms with Crippen LogP contribution in [0.3, 0.4) is 0 Å². The molecule has 1 saturated heterocycles. The van der Waals surface area contributed by atoms with Gasteiger partial charge in [-0.3, -0.25) is 14.5 Å². The highest BCUT2D eigenvalue weighted by Gasteiger charge is 2.40. The van der Waals surface area contributed by atoms with Gasteiger partial charge in [0.05, 0.1) is 12.0 Å². The fraction of sp³-hybridized carbons (Fsp3) is 0.474. The monoisotopic (exact) mass is 361 g/mol. The van der Waals surface area contributed by atoms with E-state index in [1.54, 1.807) is 18.2 Å². The molecule has 0 atom stereocenters. The number of carbonyl (C=O) groups is 2. The highest BCUT2D eigenvalue weighted by molar-refractivity contribution is 8.18. The molecule has 0 bridgehead atoms. The van der Waals surface area contributed by atoms with Gasteiger partial charge in [0.15, 0.2) is 11.5 Å². The largest absolute Gasteiger partial charge is 0.504 e. The van der Waals surface area contributed by atoms with Gasteiger partial charge in [0.1, 0.15) is 0 Å². The average Bonchev–Trinajstić information content (AvgIpc) is 2.84. The van der Waals surface area contributed by atoms with Crippen molar-refractivity contribution in [3.8, 4) is 11.5 Å². The molecule has 1 aromatic rings. The maximum atomic E-state index is 12.7. The number of nitrogens with zero attached hydrogens (tertiary/aromatic N) is 1. The summed E-state index contributed by atoms with van der Waals surface area (Å²) in [6, 6.07) is 4.85. The molecule has 3 rings (SSSR count). The molecule has 1 aliphatic heterocycles. The van der Waals surface area contributed by atoms with Gasteiger partial charge in [-0.1, -0.05) is 32.3 Å². The molecule has 5 nitrogen and oxygen atoms in total. The number of benzene rings is 1. The molecule has 134 valence electrons. The highest BCUT2D eigenvalue weighted by atomic mass is 32.2. The van der Waals surface area contributed by atoms with Crippen molar-refractivity contribution in [3.63, 3.8) is 0 Å². The number of phenolic OH excluding ortho intramolecular Hbond substituents is 1. The van der Waals surface area contributed by atoms with Gasteiger partial charge in [0, 0.05) is 6.54 Å². The summed E-state index contributed by atoms with van der Waals surface area (Å²) in [6.07, 6.45) is 7.35. The molecule has 2 aliphatic rings. The summed E-state index contributed by atoms with van der Waals surface area (Å²) in [5.74, 6) is 0.148. The van der Waals surface area contributed by atoms with Gasteiger partial charge in [0.2, 0.25) is 0 Å². The Morgan fingerprint density at radius 2 is 2.00 bits per heavy atom. The molecule has 0 unspecified atom stereocenters. The Balaban J connectivity index is 1.78. The molecular formula is C19H23NO4S. The van der Waals surface area contributed by atoms with Crippen LogP contribution in [0.5, 0.6) is 11.5 Å². The average molecular weight is 361 g/mol. The molecule has 0 spiro atoms. The lowest BCUT2D eigenvalue weighted by molar-refractivity contribution is -0.124. The Labute approximate surface area is 152 Å². The van der Waals surface area contributed by atoms with Gasteiger partial charge in [-0.15, -0.1) is 0 Å². The van der Waals surface area contributed by atoms with Crippen molar-refractivity contribution in [1.29, 1.82) is 0 Å². The van der Waals surface area contributed by atoms with E-state index in [-0.39, 0.29) is 22.3 Å². The Hall–Kier alpha value is -1.95. The first kappa shape index (κ1) is 17.9. The van der Waals surface area contributed by atoms with Crippen molar-refractivity contribution < 1.29 is 19.4 Å². The number of carbonyl (C=O) groups excluding carboxylic acids is 2. The van der Waals surface area contributed by atoms with E-state index in [4.69, 9.17) is 4.74 Å². The number of ether oxygens (including phenoxy) is 1. The molecular weight excluding hydrogens is 338 g/mol. The van der Waals surface area contributed by atoms with Crippen LogP contribution in [0.4, 0.5) is 4.79 Å². The molecule has 2 fully saturated rings. The number of phenols is 1. The minimum atomic E-state index is -0.228. The molecule has 25 heavy (non-hydrogen) atoms. The Morgan fingerprint density at radius 1 is 1.28 bits per heavy atom. The van der Waals surface area contributed by atoms with Crippen LogP contribution in [0.2, 0.25) is 0 Å². The van der Waals surface area contributed by atoms with E-state index < -0.39 is 0 Å². The van der Waals surface area contributed by atoms with Crippen LogP contribution in [-0.4, -0.2) is 34.8 Å². The number of aromatic hydroxyl groups is 1. The number of hydrogen-bond donors (Lipinski definition) is 1. The number of hydrogen-bond acceptors (Lipinski definition) is 5. The first-order valence-electron chi connectivity index (χ1n) is 8.54. The van der Waals surface area contributed by atoms with Gasteiger partial charge in [-0.2, -0.15) is 0 Å². The lowest BCUT2D eigenvalue weighted by Crippen LogP contribution is -2.39. The summed E-state index contributed by atoms with van der Waals surface area (Å²) in [4.78, 5) is 26.8. The molecule has 0 radical (unpaired) electrons. The van der Waals surface area contributed by atoms with E-state index in [0.717, 1.165) is 37.4 Å². The molecule has 1 aliphatic carbocycles. The van der Waals surface area contributed by atoms with Crippen molar-refractivity contribution in [2.75, 3.05) is 13.7 Å². The first-order chi connectivity index (χ1) is 11.9. The third kappa shape index (κ3) is 3.84. The molecule has 1 N–H and O–H groups in total. The maximum absolute atomic E-state index is 12.7. The first-order valence-corrected chi connectivity index (χ1v) is 9.36. The molecule has 6 heteroatoms. The van der Waals surface area contributed by atoms with E-state index in [0.29, 0.717) is 22.8 Å². The number of imide groups is 1. The number of amides is 2. The Bertz CT molecular complexity index is 722. The van der Waals surface area contributed by atoms with Gasteiger partial charge in [-0.25, -0.2) is 0 Å². The molecule has 1 saturated carbocycles. The van der Waals surface area contributed by atoms with E-state index in [2.05, 4.69) is 6.92 Å². The lowest BCUT2D eigenvalue weighted by Gasteiger charge is -2.35. The van der Waals surface area contributed by atoms with E-state index in [1.807, 2.05) is 0 Å². The van der Waals surface area contributed by atoms with Crippen molar-refractivity contribution in [3.05, 3.63) is 28.7 Å². The zero-order valence-electron chi connectivity index (χ0n) is 14.6. The fourth-order valence-corrected chi connectivity index (χ4v) is 4.36. The van der Waals surface area contributed by atoms with Gasteiger partial charge in [0.25, 0.3) is 11.1 Å². The van der Waals surface area contributed by atoms with Gasteiger partial charge in [-0.05, 0) is 53.8 Å². The van der Waals surface area contributed by atoms with E-state index in [1.165, 1.54) is 24.5 Å². The summed E-state index contributed by atoms with van der Waals surface area (Å²) in [5.41, 5.74) is 0.741. The molecule has 0 aromatic heterocycles.